The number of carbonyl (C=O) groups is 2. The number of nitrogens with zero attached hydrogens (tertiary/aromatic N) is 3. The Morgan fingerprint density at radius 3 is 2.08 bits per heavy atom. The fourth-order valence-electron chi connectivity index (χ4n) is 8.38. The van der Waals surface area contributed by atoms with Crippen LogP contribution in [0, 0.1) is 5.92 Å². The van der Waals surface area contributed by atoms with E-state index in [2.05, 4.69) is 59.5 Å². The first-order valence-corrected chi connectivity index (χ1v) is 18.1. The Bertz CT molecular complexity index is 1500. The zero-order valence-electron chi connectivity index (χ0n) is 28.7. The summed E-state index contributed by atoms with van der Waals surface area (Å²) in [5.74, 6) is 2.09. The molecule has 3 aromatic carbocycles. The van der Waals surface area contributed by atoms with Crippen molar-refractivity contribution < 1.29 is 19.5 Å². The molecule has 4 atom stereocenters. The maximum Gasteiger partial charge on any atom is 0.242 e. The lowest BCUT2D eigenvalue weighted by Gasteiger charge is -2.40. The molecule has 3 aromatic rings. The molecule has 8 heteroatoms. The summed E-state index contributed by atoms with van der Waals surface area (Å²) in [6.45, 7) is 6.53. The van der Waals surface area contributed by atoms with Gasteiger partial charge < -0.3 is 20.2 Å². The second kappa shape index (κ2) is 16.1. The van der Waals surface area contributed by atoms with E-state index in [1.807, 2.05) is 59.5 Å². The number of piperidine rings is 1. The predicted octanol–water partition coefficient (Wildman–Crippen LogP) is 4.79. The number of aliphatic hydroxyl groups excluding tert-OH is 1. The predicted molar refractivity (Wildman–Crippen MR) is 191 cm³/mol. The molecule has 6 rings (SSSR count). The van der Waals surface area contributed by atoms with Gasteiger partial charge in [-0.15, -0.1) is 0 Å². The maximum absolute atomic E-state index is 14.8. The average Bonchev–Trinajstić information content (AvgIpc) is 3.76. The molecule has 0 bridgehead atoms. The van der Waals surface area contributed by atoms with Crippen LogP contribution in [0.5, 0.6) is 0 Å². The summed E-state index contributed by atoms with van der Waals surface area (Å²) in [4.78, 5) is 47.0. The Balaban J connectivity index is 1.26. The number of rotatable bonds is 12. The molecule has 258 valence electrons. The highest BCUT2D eigenvalue weighted by atomic mass is 16.3. The molecule has 1 unspecified atom stereocenters. The van der Waals surface area contributed by atoms with Gasteiger partial charge in [-0.05, 0) is 61.4 Å². The average molecular weight is 663 g/mol. The summed E-state index contributed by atoms with van der Waals surface area (Å²) in [5, 5.41) is 14.2. The van der Waals surface area contributed by atoms with E-state index >= 15 is 0 Å². The zero-order valence-corrected chi connectivity index (χ0v) is 28.7. The van der Waals surface area contributed by atoms with Gasteiger partial charge in [-0.2, -0.15) is 0 Å². The molecule has 8 nitrogen and oxygen atoms in total. The van der Waals surface area contributed by atoms with Crippen molar-refractivity contribution in [2.45, 2.75) is 75.6 Å². The van der Waals surface area contributed by atoms with E-state index in [0.717, 1.165) is 55.6 Å². The number of likely N-dealkylation sites (tertiary alicyclic amines) is 3. The van der Waals surface area contributed by atoms with Crippen LogP contribution in [0.25, 0.3) is 0 Å². The monoisotopic (exact) mass is 662 g/mol. The zero-order chi connectivity index (χ0) is 34.2. The molecule has 49 heavy (non-hydrogen) atoms. The third kappa shape index (κ3) is 7.58. The minimum Gasteiger partial charge on any atom is -0.391 e. The second-order valence-electron chi connectivity index (χ2n) is 14.0. The van der Waals surface area contributed by atoms with Gasteiger partial charge in [-0.25, -0.2) is 4.79 Å². The van der Waals surface area contributed by atoms with Crippen molar-refractivity contribution in [3.63, 3.8) is 0 Å². The van der Waals surface area contributed by atoms with E-state index < -0.39 is 23.7 Å². The molecule has 0 aromatic heterocycles. The van der Waals surface area contributed by atoms with E-state index in [1.165, 1.54) is 6.42 Å². The summed E-state index contributed by atoms with van der Waals surface area (Å²) in [7, 11) is 0. The van der Waals surface area contributed by atoms with Gasteiger partial charge in [-0.3, -0.25) is 14.5 Å². The van der Waals surface area contributed by atoms with E-state index in [4.69, 9.17) is 0 Å². The topological polar surface area (TPSA) is 93.2 Å². The Hall–Kier alpha value is -4.07. The molecule has 2 N–H and O–H groups in total. The van der Waals surface area contributed by atoms with Gasteiger partial charge >= 0.3 is 0 Å². The molecule has 0 aliphatic carbocycles. The number of amides is 2. The number of carbonyl (C=O) groups excluding carboxylic acids is 3. The third-order valence-corrected chi connectivity index (χ3v) is 10.8. The van der Waals surface area contributed by atoms with Gasteiger partial charge in [0.15, 0.2) is 0 Å². The van der Waals surface area contributed by atoms with Gasteiger partial charge in [0.25, 0.3) is 0 Å². The number of benzene rings is 3. The summed E-state index contributed by atoms with van der Waals surface area (Å²) in [6, 6.07) is 29.5. The summed E-state index contributed by atoms with van der Waals surface area (Å²) in [6.07, 6.45) is 4.11. The van der Waals surface area contributed by atoms with Crippen LogP contribution in [-0.2, 0) is 19.8 Å². The van der Waals surface area contributed by atoms with Crippen LogP contribution in [0.2, 0.25) is 0 Å². The first kappa shape index (κ1) is 34.8. The van der Waals surface area contributed by atoms with Gasteiger partial charge in [-0.1, -0.05) is 104 Å². The van der Waals surface area contributed by atoms with E-state index in [9.17, 15) is 19.5 Å². The van der Waals surface area contributed by atoms with Crippen molar-refractivity contribution in [1.82, 2.24) is 20.0 Å². The Kier molecular flexibility index (Phi) is 11.4. The molecule has 3 saturated heterocycles. The third-order valence-electron chi connectivity index (χ3n) is 10.8. The number of β-amino-alcohol motifs (C(OH)–C–C–N with tert-alkyl or cyclic N) is 1. The van der Waals surface area contributed by atoms with E-state index in [1.54, 1.807) is 4.90 Å². The van der Waals surface area contributed by atoms with E-state index in [-0.39, 0.29) is 24.8 Å². The number of hydrogen-bond acceptors (Lipinski definition) is 6. The van der Waals surface area contributed by atoms with Crippen molar-refractivity contribution in [1.29, 1.82) is 0 Å². The normalized spacial score (nSPS) is 23.4. The lowest BCUT2D eigenvalue weighted by molar-refractivity contribution is -0.139. The van der Waals surface area contributed by atoms with Crippen molar-refractivity contribution in [2.75, 3.05) is 39.3 Å². The fraction of sp³-hybridized carbons (Fsp3) is 0.463. The van der Waals surface area contributed by atoms with Crippen molar-refractivity contribution in [3.8, 4) is 0 Å². The highest BCUT2D eigenvalue weighted by Crippen LogP contribution is 2.43. The van der Waals surface area contributed by atoms with Crippen LogP contribution in [0.1, 0.15) is 68.6 Å². The summed E-state index contributed by atoms with van der Waals surface area (Å²) in [5.41, 5.74) is 2.61. The number of unbranched alkanes of at least 4 members (excludes halogenated alkanes) is 1. The largest absolute Gasteiger partial charge is 0.391 e. The van der Waals surface area contributed by atoms with Crippen molar-refractivity contribution in [3.05, 3.63) is 113 Å². The van der Waals surface area contributed by atoms with Crippen molar-refractivity contribution >= 4 is 17.8 Å². The maximum atomic E-state index is 14.8. The molecule has 0 radical (unpaired) electrons. The highest BCUT2D eigenvalue weighted by molar-refractivity contribution is 5.88. The molecule has 0 spiro atoms. The van der Waals surface area contributed by atoms with Gasteiger partial charge in [0.1, 0.15) is 12.0 Å². The van der Waals surface area contributed by atoms with Crippen LogP contribution < -0.4 is 5.32 Å². The number of nitrogens with one attached hydrogen (secondary N) is 1. The number of hydrogen-bond donors (Lipinski definition) is 2. The van der Waals surface area contributed by atoms with Crippen LogP contribution in [0.4, 0.5) is 0 Å². The molecule has 3 heterocycles. The Morgan fingerprint density at radius 1 is 0.898 bits per heavy atom. The van der Waals surface area contributed by atoms with Gasteiger partial charge in [0.2, 0.25) is 11.8 Å². The molecule has 3 aliphatic rings. The second-order valence-corrected chi connectivity index (χ2v) is 14.0. The van der Waals surface area contributed by atoms with E-state index in [0.29, 0.717) is 37.4 Å². The van der Waals surface area contributed by atoms with Crippen LogP contribution in [0.3, 0.4) is 0 Å². The Morgan fingerprint density at radius 2 is 1.51 bits per heavy atom. The first-order chi connectivity index (χ1) is 23.9. The van der Waals surface area contributed by atoms with Gasteiger partial charge in [0, 0.05) is 44.6 Å². The summed E-state index contributed by atoms with van der Waals surface area (Å²) >= 11 is 0. The van der Waals surface area contributed by atoms with Crippen molar-refractivity contribution in [2.24, 2.45) is 5.92 Å². The lowest BCUT2D eigenvalue weighted by Crippen LogP contribution is -2.55. The molecular formula is C41H50N4O4. The van der Waals surface area contributed by atoms with Crippen LogP contribution in [-0.4, -0.2) is 95.1 Å². The molecule has 3 aliphatic heterocycles. The standard InChI is InChI=1S/C41H50N4O4/c1-2-3-22-43-23-13-14-31(28-43)27-42-40(49)39-32(30-46)21-24-44(39)37-25-36(47)29-45(37)38(48)26-41(33-15-7-4-8-16-33,34-17-9-5-10-18-34)35-19-11-6-12-20-35/h4-12,15-20,31,36-37,39,47H,2-3,13-14,21-29H2,1H3,(H,42,49)/t31-,36-,37+,39?/m1/s1. The molecule has 2 amide bonds. The molecule has 0 saturated carbocycles. The minimum absolute atomic E-state index is 0.116. The smallest absolute Gasteiger partial charge is 0.242 e. The SMILES string of the molecule is CCCCN1CCC[C@H](CNC(=O)C2C(=C=O)CCN2[C@@H]2C[C@@H](O)CN2C(=O)CC(c2ccccc2)(c2ccccc2)c2ccccc2)C1. The molecular weight excluding hydrogens is 612 g/mol. The highest BCUT2D eigenvalue weighted by Gasteiger charge is 2.48. The summed E-state index contributed by atoms with van der Waals surface area (Å²) < 4.78 is 0. The van der Waals surface area contributed by atoms with Crippen LogP contribution >= 0.6 is 0 Å². The number of aliphatic hydroxyl groups is 1. The quantitative estimate of drug-likeness (QED) is 0.214. The lowest BCUT2D eigenvalue weighted by atomic mass is 9.67. The molecule has 3 fully saturated rings. The van der Waals surface area contributed by atoms with Gasteiger partial charge in [0.05, 0.1) is 17.7 Å². The fourth-order valence-corrected chi connectivity index (χ4v) is 8.38. The Labute approximate surface area is 290 Å². The van der Waals surface area contributed by atoms with Crippen LogP contribution in [0.15, 0.2) is 96.6 Å². The first-order valence-electron chi connectivity index (χ1n) is 18.1. The minimum atomic E-state index is -0.815.